The van der Waals surface area contributed by atoms with Gasteiger partial charge in [-0.1, -0.05) is 12.1 Å². The van der Waals surface area contributed by atoms with Crippen molar-refractivity contribution >= 4 is 34.7 Å². The maximum absolute atomic E-state index is 12.6. The zero-order chi connectivity index (χ0) is 24.1. The zero-order valence-electron chi connectivity index (χ0n) is 19.7. The molecule has 10 heteroatoms. The first kappa shape index (κ1) is 21.6. The van der Waals surface area contributed by atoms with Crippen LogP contribution in [0.4, 0.5) is 22.9 Å². The molecule has 1 saturated carbocycles. The number of para-hydroxylation sites is 1. The summed E-state index contributed by atoms with van der Waals surface area (Å²) in [5.41, 5.74) is 5.95. The first-order valence-electron chi connectivity index (χ1n) is 11.8. The average Bonchev–Trinajstić information content (AvgIpc) is 3.59. The van der Waals surface area contributed by atoms with Crippen molar-refractivity contribution in [2.75, 3.05) is 42.8 Å². The van der Waals surface area contributed by atoms with E-state index in [1.165, 1.54) is 11.8 Å². The van der Waals surface area contributed by atoms with Gasteiger partial charge in [-0.3, -0.25) is 14.3 Å². The summed E-state index contributed by atoms with van der Waals surface area (Å²) in [5.74, 6) is 0.177. The zero-order valence-corrected chi connectivity index (χ0v) is 19.7. The predicted molar refractivity (Wildman–Crippen MR) is 132 cm³/mol. The second-order valence-electron chi connectivity index (χ2n) is 9.31. The molecule has 10 nitrogen and oxygen atoms in total. The first-order chi connectivity index (χ1) is 17.0. The lowest BCUT2D eigenvalue weighted by Gasteiger charge is -2.29. The first-order valence-corrected chi connectivity index (χ1v) is 11.8. The summed E-state index contributed by atoms with van der Waals surface area (Å²) < 4.78 is 7.35. The lowest BCUT2D eigenvalue weighted by Crippen LogP contribution is -2.30. The van der Waals surface area contributed by atoms with Gasteiger partial charge in [-0.15, -0.1) is 0 Å². The van der Waals surface area contributed by atoms with Crippen LogP contribution in [0.5, 0.6) is 0 Å². The number of hydrogen-bond donors (Lipinski definition) is 3. The van der Waals surface area contributed by atoms with E-state index in [-0.39, 0.29) is 23.8 Å². The predicted octanol–water partition coefficient (Wildman–Crippen LogP) is 2.92. The van der Waals surface area contributed by atoms with Crippen LogP contribution in [0.2, 0.25) is 0 Å². The molecule has 35 heavy (non-hydrogen) atoms. The summed E-state index contributed by atoms with van der Waals surface area (Å²) in [7, 11) is 3.63. The standard InChI is InChI=1S/C25H27N7O3/c1-26-25(34)18-9-27-21(29-24(33)14-6-7-14)8-20(18)28-19-5-3-4-17-22-15(10-31(2)23(17)19)11-32(30-22)16-12-35-13-16/h3-5,8-9,11,14,16H,6-7,10,12-13H2,1-2H3,(H,26,34)(H2,27,28,29,33). The van der Waals surface area contributed by atoms with Crippen molar-refractivity contribution in [2.24, 2.45) is 5.92 Å². The van der Waals surface area contributed by atoms with Gasteiger partial charge >= 0.3 is 0 Å². The Bertz CT molecular complexity index is 1330. The van der Waals surface area contributed by atoms with E-state index in [1.54, 1.807) is 13.1 Å². The number of carbonyl (C=O) groups excluding carboxylic acids is 2. The van der Waals surface area contributed by atoms with Gasteiger partial charge < -0.3 is 25.6 Å². The topological polar surface area (TPSA) is 113 Å². The second kappa shape index (κ2) is 8.38. The molecule has 2 aliphatic heterocycles. The number of nitrogens with zero attached hydrogens (tertiary/aromatic N) is 4. The fourth-order valence-electron chi connectivity index (χ4n) is 4.58. The van der Waals surface area contributed by atoms with E-state index in [1.807, 2.05) is 23.9 Å². The Balaban J connectivity index is 1.37. The van der Waals surface area contributed by atoms with Gasteiger partial charge in [0.25, 0.3) is 5.91 Å². The number of anilines is 4. The minimum absolute atomic E-state index is 0.0343. The summed E-state index contributed by atoms with van der Waals surface area (Å²) in [6.45, 7) is 2.10. The molecule has 4 heterocycles. The van der Waals surface area contributed by atoms with Gasteiger partial charge in [0.15, 0.2) is 0 Å². The third-order valence-electron chi connectivity index (χ3n) is 6.73. The van der Waals surface area contributed by atoms with Gasteiger partial charge in [-0.25, -0.2) is 4.98 Å². The van der Waals surface area contributed by atoms with Crippen molar-refractivity contribution in [3.05, 3.63) is 47.8 Å². The molecule has 1 aliphatic carbocycles. The highest BCUT2D eigenvalue weighted by Crippen LogP contribution is 2.44. The van der Waals surface area contributed by atoms with Crippen molar-refractivity contribution in [3.63, 3.8) is 0 Å². The van der Waals surface area contributed by atoms with Gasteiger partial charge in [-0.2, -0.15) is 5.10 Å². The largest absolute Gasteiger partial charge is 0.377 e. The molecular weight excluding hydrogens is 446 g/mol. The number of rotatable bonds is 6. The van der Waals surface area contributed by atoms with Crippen LogP contribution in [0.25, 0.3) is 11.3 Å². The van der Waals surface area contributed by atoms with E-state index >= 15 is 0 Å². The number of amides is 2. The van der Waals surface area contributed by atoms with Crippen molar-refractivity contribution in [1.82, 2.24) is 20.1 Å². The highest BCUT2D eigenvalue weighted by molar-refractivity contribution is 6.02. The molecule has 2 fully saturated rings. The molecule has 0 spiro atoms. The van der Waals surface area contributed by atoms with Gasteiger partial charge in [0.2, 0.25) is 5.91 Å². The molecule has 3 aliphatic rings. The molecule has 0 atom stereocenters. The van der Waals surface area contributed by atoms with Crippen molar-refractivity contribution < 1.29 is 14.3 Å². The van der Waals surface area contributed by atoms with Crippen molar-refractivity contribution in [2.45, 2.75) is 25.4 Å². The monoisotopic (exact) mass is 473 g/mol. The van der Waals surface area contributed by atoms with E-state index in [2.05, 4.69) is 38.1 Å². The van der Waals surface area contributed by atoms with E-state index in [4.69, 9.17) is 9.84 Å². The molecule has 2 amide bonds. The highest BCUT2D eigenvalue weighted by Gasteiger charge is 2.31. The van der Waals surface area contributed by atoms with Crippen molar-refractivity contribution in [1.29, 1.82) is 0 Å². The maximum Gasteiger partial charge on any atom is 0.254 e. The SMILES string of the molecule is CNC(=O)c1cnc(NC(=O)C2CC2)cc1Nc1cccc2c1N(C)Cc1cn(C3COC3)nc1-2. The second-order valence-corrected chi connectivity index (χ2v) is 9.31. The number of nitrogens with one attached hydrogen (secondary N) is 3. The quantitative estimate of drug-likeness (QED) is 0.504. The van der Waals surface area contributed by atoms with Crippen LogP contribution in [0.1, 0.15) is 34.8 Å². The summed E-state index contributed by atoms with van der Waals surface area (Å²) in [6, 6.07) is 8.02. The fourth-order valence-corrected chi connectivity index (χ4v) is 4.58. The minimum Gasteiger partial charge on any atom is -0.377 e. The molecule has 0 radical (unpaired) electrons. The summed E-state index contributed by atoms with van der Waals surface area (Å²) in [4.78, 5) is 31.3. The Kier molecular flexibility index (Phi) is 5.18. The number of ether oxygens (including phenoxy) is 1. The molecule has 0 unspecified atom stereocenters. The van der Waals surface area contributed by atoms with Crippen LogP contribution in [0.3, 0.4) is 0 Å². The third-order valence-corrected chi connectivity index (χ3v) is 6.73. The van der Waals surface area contributed by atoms with Gasteiger partial charge in [0, 0.05) is 56.1 Å². The van der Waals surface area contributed by atoms with Crippen LogP contribution in [-0.4, -0.2) is 53.9 Å². The number of pyridine rings is 1. The van der Waals surface area contributed by atoms with Crippen molar-refractivity contribution in [3.8, 4) is 11.3 Å². The average molecular weight is 474 g/mol. The van der Waals surface area contributed by atoms with Crippen LogP contribution in [-0.2, 0) is 16.1 Å². The Morgan fingerprint density at radius 2 is 2.00 bits per heavy atom. The smallest absolute Gasteiger partial charge is 0.254 e. The lowest BCUT2D eigenvalue weighted by atomic mass is 9.99. The number of aromatic nitrogens is 3. The molecule has 6 rings (SSSR count). The van der Waals surface area contributed by atoms with Gasteiger partial charge in [0.1, 0.15) is 5.82 Å². The Morgan fingerprint density at radius 3 is 2.71 bits per heavy atom. The number of hydrogen-bond acceptors (Lipinski definition) is 7. The highest BCUT2D eigenvalue weighted by atomic mass is 16.5. The van der Waals surface area contributed by atoms with Crippen LogP contribution < -0.4 is 20.9 Å². The number of benzene rings is 1. The normalized spacial score (nSPS) is 16.7. The Hall–Kier alpha value is -3.92. The molecule has 1 saturated heterocycles. The van der Waals surface area contributed by atoms with Crippen LogP contribution >= 0.6 is 0 Å². The van der Waals surface area contributed by atoms with E-state index in [0.717, 1.165) is 42.0 Å². The minimum atomic E-state index is -0.262. The number of fused-ring (bicyclic) bond motifs is 3. The maximum atomic E-state index is 12.6. The molecule has 3 N–H and O–H groups in total. The fraction of sp³-hybridized carbons (Fsp3) is 0.360. The molecule has 180 valence electrons. The van der Waals surface area contributed by atoms with E-state index in [0.29, 0.717) is 30.3 Å². The van der Waals surface area contributed by atoms with Crippen LogP contribution in [0.15, 0.2) is 36.7 Å². The summed E-state index contributed by atoms with van der Waals surface area (Å²) in [6.07, 6.45) is 5.41. The van der Waals surface area contributed by atoms with Gasteiger partial charge in [0.05, 0.1) is 47.6 Å². The summed E-state index contributed by atoms with van der Waals surface area (Å²) >= 11 is 0. The van der Waals surface area contributed by atoms with Gasteiger partial charge in [-0.05, 0) is 18.9 Å². The Morgan fingerprint density at radius 1 is 1.17 bits per heavy atom. The van der Waals surface area contributed by atoms with E-state index in [9.17, 15) is 9.59 Å². The molecular formula is C25H27N7O3. The molecule has 0 bridgehead atoms. The van der Waals surface area contributed by atoms with E-state index < -0.39 is 0 Å². The molecule has 1 aromatic carbocycles. The molecule has 2 aromatic heterocycles. The lowest BCUT2D eigenvalue weighted by molar-refractivity contribution is -0.117. The summed E-state index contributed by atoms with van der Waals surface area (Å²) in [5, 5.41) is 13.9. The Labute approximate surface area is 202 Å². The molecule has 3 aromatic rings. The third kappa shape index (κ3) is 3.89. The van der Waals surface area contributed by atoms with Crippen LogP contribution in [0, 0.1) is 5.92 Å². The number of carbonyl (C=O) groups is 2.